The highest BCUT2D eigenvalue weighted by molar-refractivity contribution is 5.79. The molecule has 5 heteroatoms. The number of methoxy groups -OCH3 is 1. The zero-order chi connectivity index (χ0) is 17.6. The second kappa shape index (κ2) is 7.66. The Morgan fingerprint density at radius 1 is 1.20 bits per heavy atom. The number of nitrogens with one attached hydrogen (secondary N) is 1. The lowest BCUT2D eigenvalue weighted by molar-refractivity contribution is -0.121. The summed E-state index contributed by atoms with van der Waals surface area (Å²) in [4.78, 5) is 16.4. The molecule has 0 radical (unpaired) electrons. The molecule has 25 heavy (non-hydrogen) atoms. The number of carbonyl (C=O) groups is 1. The fourth-order valence-electron chi connectivity index (χ4n) is 2.74. The maximum Gasteiger partial charge on any atom is 0.225 e. The van der Waals surface area contributed by atoms with Crippen LogP contribution in [0, 0.1) is 0 Å². The molecule has 1 aromatic heterocycles. The smallest absolute Gasteiger partial charge is 0.225 e. The highest BCUT2D eigenvalue weighted by Gasteiger charge is 2.12. The van der Waals surface area contributed by atoms with E-state index in [0.717, 1.165) is 22.6 Å². The molecular weight excluding hydrogens is 314 g/mol. The summed E-state index contributed by atoms with van der Waals surface area (Å²) in [6.07, 6.45) is 5.69. The molecule has 0 spiro atoms. The Hall–Kier alpha value is -3.08. The number of benzene rings is 2. The third-order valence-electron chi connectivity index (χ3n) is 4.12. The number of para-hydroxylation sites is 1. The molecule has 0 aliphatic carbocycles. The molecule has 0 fully saturated rings. The molecule has 2 aromatic carbocycles. The summed E-state index contributed by atoms with van der Waals surface area (Å²) < 4.78 is 7.24. The van der Waals surface area contributed by atoms with Crippen molar-refractivity contribution in [3.8, 4) is 11.4 Å². The van der Waals surface area contributed by atoms with Crippen LogP contribution in [-0.2, 0) is 11.2 Å². The van der Waals surface area contributed by atoms with E-state index in [1.165, 1.54) is 0 Å². The lowest BCUT2D eigenvalue weighted by atomic mass is 10.1. The molecule has 0 aliphatic rings. The Bertz CT molecular complexity index is 826. The summed E-state index contributed by atoms with van der Waals surface area (Å²) >= 11 is 0. The summed E-state index contributed by atoms with van der Waals surface area (Å²) in [5.74, 6) is 0.700. The van der Waals surface area contributed by atoms with Crippen molar-refractivity contribution < 1.29 is 9.53 Å². The van der Waals surface area contributed by atoms with E-state index in [-0.39, 0.29) is 11.9 Å². The number of aromatic nitrogens is 2. The number of hydrogen-bond donors (Lipinski definition) is 1. The van der Waals surface area contributed by atoms with Gasteiger partial charge in [-0.1, -0.05) is 30.3 Å². The Labute approximate surface area is 147 Å². The van der Waals surface area contributed by atoms with Crippen LogP contribution in [0.3, 0.4) is 0 Å². The highest BCUT2D eigenvalue weighted by atomic mass is 16.5. The van der Waals surface area contributed by atoms with Gasteiger partial charge in [-0.3, -0.25) is 4.79 Å². The van der Waals surface area contributed by atoms with Crippen molar-refractivity contribution in [2.24, 2.45) is 0 Å². The average molecular weight is 335 g/mol. The molecule has 0 aliphatic heterocycles. The van der Waals surface area contributed by atoms with E-state index in [4.69, 9.17) is 4.74 Å². The second-order valence-electron chi connectivity index (χ2n) is 5.84. The van der Waals surface area contributed by atoms with Gasteiger partial charge in [0.05, 0.1) is 25.9 Å². The standard InChI is InChI=1S/C20H21N3O2/c1-15(16-7-9-18(10-8-16)23-12-11-21-14-23)22-20(24)13-17-5-3-4-6-19(17)25-2/h3-12,14-15H,13H2,1-2H3,(H,22,24)/t15-/m0/s1. The molecular formula is C20H21N3O2. The zero-order valence-electron chi connectivity index (χ0n) is 14.3. The first-order chi connectivity index (χ1) is 12.2. The SMILES string of the molecule is COc1ccccc1CC(=O)N[C@@H](C)c1ccc(-n2ccnc2)cc1. The first-order valence-electron chi connectivity index (χ1n) is 8.17. The molecule has 128 valence electrons. The van der Waals surface area contributed by atoms with E-state index in [1.54, 1.807) is 19.6 Å². The first-order valence-corrected chi connectivity index (χ1v) is 8.17. The lowest BCUT2D eigenvalue weighted by Crippen LogP contribution is -2.28. The van der Waals surface area contributed by atoms with Crippen molar-refractivity contribution in [2.45, 2.75) is 19.4 Å². The molecule has 1 heterocycles. The van der Waals surface area contributed by atoms with E-state index in [1.807, 2.05) is 66.2 Å². The predicted octanol–water partition coefficient (Wildman–Crippen LogP) is 3.30. The Morgan fingerprint density at radius 3 is 2.64 bits per heavy atom. The van der Waals surface area contributed by atoms with Crippen molar-refractivity contribution in [3.63, 3.8) is 0 Å². The van der Waals surface area contributed by atoms with Gasteiger partial charge in [0.1, 0.15) is 5.75 Å². The molecule has 0 saturated heterocycles. The van der Waals surface area contributed by atoms with E-state index < -0.39 is 0 Å². The van der Waals surface area contributed by atoms with Crippen molar-refractivity contribution >= 4 is 5.91 Å². The van der Waals surface area contributed by atoms with Crippen LogP contribution in [0.5, 0.6) is 5.75 Å². The summed E-state index contributed by atoms with van der Waals surface area (Å²) in [7, 11) is 1.61. The maximum absolute atomic E-state index is 12.3. The maximum atomic E-state index is 12.3. The number of hydrogen-bond acceptors (Lipinski definition) is 3. The minimum atomic E-state index is -0.0703. The average Bonchev–Trinajstić information content (AvgIpc) is 3.17. The van der Waals surface area contributed by atoms with Crippen molar-refractivity contribution in [2.75, 3.05) is 7.11 Å². The minimum Gasteiger partial charge on any atom is -0.496 e. The van der Waals surface area contributed by atoms with E-state index in [2.05, 4.69) is 10.3 Å². The number of amides is 1. The molecule has 3 rings (SSSR count). The molecule has 1 amide bonds. The first kappa shape index (κ1) is 16.8. The molecule has 3 aromatic rings. The van der Waals surface area contributed by atoms with Gasteiger partial charge in [-0.25, -0.2) is 4.98 Å². The zero-order valence-corrected chi connectivity index (χ0v) is 14.3. The number of carbonyl (C=O) groups excluding carboxylic acids is 1. The third kappa shape index (κ3) is 4.07. The van der Waals surface area contributed by atoms with Gasteiger partial charge < -0.3 is 14.6 Å². The lowest BCUT2D eigenvalue weighted by Gasteiger charge is -2.16. The van der Waals surface area contributed by atoms with Gasteiger partial charge in [0, 0.05) is 23.6 Å². The highest BCUT2D eigenvalue weighted by Crippen LogP contribution is 2.19. The summed E-state index contributed by atoms with van der Waals surface area (Å²) in [6, 6.07) is 15.6. The molecule has 1 N–H and O–H groups in total. The molecule has 0 bridgehead atoms. The summed E-state index contributed by atoms with van der Waals surface area (Å²) in [6.45, 7) is 1.98. The van der Waals surface area contributed by atoms with Gasteiger partial charge in [-0.15, -0.1) is 0 Å². The van der Waals surface area contributed by atoms with Crippen LogP contribution >= 0.6 is 0 Å². The number of rotatable bonds is 6. The van der Waals surface area contributed by atoms with Crippen LogP contribution in [-0.4, -0.2) is 22.6 Å². The summed E-state index contributed by atoms with van der Waals surface area (Å²) in [5, 5.41) is 3.04. The fraction of sp³-hybridized carbons (Fsp3) is 0.200. The fourth-order valence-corrected chi connectivity index (χ4v) is 2.74. The molecule has 0 saturated carbocycles. The van der Waals surface area contributed by atoms with E-state index >= 15 is 0 Å². The largest absolute Gasteiger partial charge is 0.496 e. The normalized spacial score (nSPS) is 11.8. The van der Waals surface area contributed by atoms with Crippen molar-refractivity contribution in [1.29, 1.82) is 0 Å². The van der Waals surface area contributed by atoms with Crippen LogP contribution < -0.4 is 10.1 Å². The van der Waals surface area contributed by atoms with Crippen LogP contribution in [0.2, 0.25) is 0 Å². The minimum absolute atomic E-state index is 0.0318. The van der Waals surface area contributed by atoms with Gasteiger partial charge in [-0.05, 0) is 30.7 Å². The van der Waals surface area contributed by atoms with E-state index in [9.17, 15) is 4.79 Å². The van der Waals surface area contributed by atoms with Gasteiger partial charge in [0.2, 0.25) is 5.91 Å². The molecule has 0 unspecified atom stereocenters. The van der Waals surface area contributed by atoms with Gasteiger partial charge in [-0.2, -0.15) is 0 Å². The third-order valence-corrected chi connectivity index (χ3v) is 4.12. The van der Waals surface area contributed by atoms with Gasteiger partial charge >= 0.3 is 0 Å². The van der Waals surface area contributed by atoms with Crippen molar-refractivity contribution in [1.82, 2.24) is 14.9 Å². The summed E-state index contributed by atoms with van der Waals surface area (Å²) in [5.41, 5.74) is 2.97. The van der Waals surface area contributed by atoms with Gasteiger partial charge in [0.15, 0.2) is 0 Å². The monoisotopic (exact) mass is 335 g/mol. The van der Waals surface area contributed by atoms with Crippen LogP contribution in [0.25, 0.3) is 5.69 Å². The van der Waals surface area contributed by atoms with Crippen molar-refractivity contribution in [3.05, 3.63) is 78.4 Å². The predicted molar refractivity (Wildman–Crippen MR) is 96.8 cm³/mol. The number of imidazole rings is 1. The van der Waals surface area contributed by atoms with Gasteiger partial charge in [0.25, 0.3) is 0 Å². The Balaban J connectivity index is 1.63. The topological polar surface area (TPSA) is 56.1 Å². The Kier molecular flexibility index (Phi) is 5.14. The number of ether oxygens (including phenoxy) is 1. The quantitative estimate of drug-likeness (QED) is 0.752. The van der Waals surface area contributed by atoms with E-state index in [0.29, 0.717) is 6.42 Å². The van der Waals surface area contributed by atoms with Crippen LogP contribution in [0.1, 0.15) is 24.1 Å². The number of nitrogens with zero attached hydrogens (tertiary/aromatic N) is 2. The molecule has 5 nitrogen and oxygen atoms in total. The second-order valence-corrected chi connectivity index (χ2v) is 5.84. The molecule has 1 atom stereocenters. The van der Waals surface area contributed by atoms with Crippen LogP contribution in [0.15, 0.2) is 67.3 Å². The van der Waals surface area contributed by atoms with Crippen LogP contribution in [0.4, 0.5) is 0 Å². The Morgan fingerprint density at radius 2 is 1.96 bits per heavy atom.